The van der Waals surface area contributed by atoms with Gasteiger partial charge in [-0.25, -0.2) is 4.98 Å². The molecule has 92 valence electrons. The monoisotopic (exact) mass is 263 g/mol. The van der Waals surface area contributed by atoms with Crippen molar-refractivity contribution in [3.8, 4) is 0 Å². The number of halogens is 1. The number of hydrogen-bond donors (Lipinski definition) is 0. The van der Waals surface area contributed by atoms with Gasteiger partial charge < -0.3 is 9.47 Å². The van der Waals surface area contributed by atoms with Crippen LogP contribution >= 0.6 is 22.9 Å². The lowest BCUT2D eigenvalue weighted by Crippen LogP contribution is -2.08. The predicted molar refractivity (Wildman–Crippen MR) is 67.0 cm³/mol. The van der Waals surface area contributed by atoms with E-state index in [0.29, 0.717) is 31.6 Å². The van der Waals surface area contributed by atoms with E-state index in [1.807, 2.05) is 5.38 Å². The summed E-state index contributed by atoms with van der Waals surface area (Å²) in [4.78, 5) is 4.30. The van der Waals surface area contributed by atoms with Gasteiger partial charge in [-0.1, -0.05) is 13.8 Å². The fourth-order valence-electron chi connectivity index (χ4n) is 1.07. The molecule has 5 heteroatoms. The Kier molecular flexibility index (Phi) is 6.96. The van der Waals surface area contributed by atoms with Crippen molar-refractivity contribution in [2.75, 3.05) is 19.8 Å². The molecular formula is C11H18ClNO2S. The van der Waals surface area contributed by atoms with E-state index in [0.717, 1.165) is 17.3 Å². The molecule has 0 aliphatic heterocycles. The van der Waals surface area contributed by atoms with Gasteiger partial charge in [0.25, 0.3) is 0 Å². The van der Waals surface area contributed by atoms with Crippen LogP contribution in [0.5, 0.6) is 0 Å². The first kappa shape index (κ1) is 13.9. The number of rotatable bonds is 8. The lowest BCUT2D eigenvalue weighted by atomic mass is 10.2. The van der Waals surface area contributed by atoms with Crippen LogP contribution in [0.15, 0.2) is 5.38 Å². The third-order valence-electron chi connectivity index (χ3n) is 1.78. The molecule has 0 radical (unpaired) electrons. The second-order valence-corrected chi connectivity index (χ2v) is 5.10. The highest BCUT2D eigenvalue weighted by Gasteiger charge is 2.01. The van der Waals surface area contributed by atoms with Crippen LogP contribution in [0.4, 0.5) is 0 Å². The maximum Gasteiger partial charge on any atom is 0.119 e. The van der Waals surface area contributed by atoms with Crippen molar-refractivity contribution in [2.24, 2.45) is 5.92 Å². The van der Waals surface area contributed by atoms with Crippen molar-refractivity contribution in [1.82, 2.24) is 4.98 Å². The van der Waals surface area contributed by atoms with Crippen LogP contribution < -0.4 is 0 Å². The molecule has 0 atom stereocenters. The molecule has 1 aromatic rings. The Morgan fingerprint density at radius 3 is 2.75 bits per heavy atom. The van der Waals surface area contributed by atoms with E-state index in [9.17, 15) is 0 Å². The van der Waals surface area contributed by atoms with Crippen LogP contribution in [0.2, 0.25) is 0 Å². The van der Waals surface area contributed by atoms with E-state index in [2.05, 4.69) is 18.8 Å². The standard InChI is InChI=1S/C11H18ClNO2S/c1-9(2)6-14-3-4-15-7-11-13-10(5-12)8-16-11/h8-9H,3-7H2,1-2H3. The maximum absolute atomic E-state index is 5.66. The van der Waals surface area contributed by atoms with Gasteiger partial charge in [-0.15, -0.1) is 22.9 Å². The molecule has 0 unspecified atom stereocenters. The molecule has 16 heavy (non-hydrogen) atoms. The van der Waals surface area contributed by atoms with Gasteiger partial charge in [-0.3, -0.25) is 0 Å². The highest BCUT2D eigenvalue weighted by Crippen LogP contribution is 2.12. The molecule has 1 heterocycles. The Balaban J connectivity index is 2.02. The largest absolute Gasteiger partial charge is 0.379 e. The lowest BCUT2D eigenvalue weighted by molar-refractivity contribution is 0.0314. The van der Waals surface area contributed by atoms with Gasteiger partial charge in [0.05, 0.1) is 31.4 Å². The van der Waals surface area contributed by atoms with Gasteiger partial charge in [0.15, 0.2) is 0 Å². The van der Waals surface area contributed by atoms with E-state index in [4.69, 9.17) is 21.1 Å². The van der Waals surface area contributed by atoms with Gasteiger partial charge >= 0.3 is 0 Å². The second-order valence-electron chi connectivity index (χ2n) is 3.89. The Bertz CT molecular complexity index is 291. The molecular weight excluding hydrogens is 246 g/mol. The summed E-state index contributed by atoms with van der Waals surface area (Å²) in [6.45, 7) is 6.85. The quantitative estimate of drug-likeness (QED) is 0.534. The first-order valence-corrected chi connectivity index (χ1v) is 6.78. The summed E-state index contributed by atoms with van der Waals surface area (Å²) >= 11 is 7.24. The topological polar surface area (TPSA) is 31.4 Å². The van der Waals surface area contributed by atoms with Crippen LogP contribution in [0, 0.1) is 5.92 Å². The molecule has 0 aromatic carbocycles. The molecule has 0 fully saturated rings. The Hall–Kier alpha value is -0.160. The number of aromatic nitrogens is 1. The van der Waals surface area contributed by atoms with Crippen molar-refractivity contribution in [2.45, 2.75) is 26.3 Å². The maximum atomic E-state index is 5.66. The summed E-state index contributed by atoms with van der Waals surface area (Å²) in [5, 5.41) is 2.93. The fourth-order valence-corrected chi connectivity index (χ4v) is 2.03. The van der Waals surface area contributed by atoms with Crippen LogP contribution in [-0.2, 0) is 22.0 Å². The minimum atomic E-state index is 0.466. The molecule has 1 aromatic heterocycles. The molecule has 3 nitrogen and oxygen atoms in total. The molecule has 0 aliphatic rings. The van der Waals surface area contributed by atoms with Crippen LogP contribution in [0.1, 0.15) is 24.5 Å². The number of alkyl halides is 1. The number of hydrogen-bond acceptors (Lipinski definition) is 4. The van der Waals surface area contributed by atoms with Crippen molar-refractivity contribution < 1.29 is 9.47 Å². The van der Waals surface area contributed by atoms with Crippen molar-refractivity contribution in [3.63, 3.8) is 0 Å². The first-order valence-electron chi connectivity index (χ1n) is 5.37. The number of nitrogens with zero attached hydrogens (tertiary/aromatic N) is 1. The molecule has 0 bridgehead atoms. The van der Waals surface area contributed by atoms with Gasteiger partial charge in [-0.05, 0) is 5.92 Å². The third kappa shape index (κ3) is 5.80. The molecule has 0 amide bonds. The highest BCUT2D eigenvalue weighted by atomic mass is 35.5. The molecule has 1 rings (SSSR count). The summed E-state index contributed by atoms with van der Waals surface area (Å²) in [6, 6.07) is 0. The van der Waals surface area contributed by atoms with E-state index < -0.39 is 0 Å². The van der Waals surface area contributed by atoms with Gasteiger partial charge in [0.1, 0.15) is 5.01 Å². The predicted octanol–water partition coefficient (Wildman–Crippen LogP) is 3.07. The average Bonchev–Trinajstić information content (AvgIpc) is 2.70. The fraction of sp³-hybridized carbons (Fsp3) is 0.727. The van der Waals surface area contributed by atoms with Crippen molar-refractivity contribution in [3.05, 3.63) is 16.1 Å². The van der Waals surface area contributed by atoms with Crippen LogP contribution in [-0.4, -0.2) is 24.8 Å². The minimum absolute atomic E-state index is 0.466. The summed E-state index contributed by atoms with van der Waals surface area (Å²) < 4.78 is 10.8. The molecule has 0 saturated carbocycles. The SMILES string of the molecule is CC(C)COCCOCc1nc(CCl)cs1. The van der Waals surface area contributed by atoms with E-state index >= 15 is 0 Å². The van der Waals surface area contributed by atoms with Crippen molar-refractivity contribution in [1.29, 1.82) is 0 Å². The highest BCUT2D eigenvalue weighted by molar-refractivity contribution is 7.09. The molecule has 0 spiro atoms. The van der Waals surface area contributed by atoms with Gasteiger partial charge in [0, 0.05) is 12.0 Å². The smallest absolute Gasteiger partial charge is 0.119 e. The summed E-state index contributed by atoms with van der Waals surface area (Å²) in [7, 11) is 0. The van der Waals surface area contributed by atoms with Crippen molar-refractivity contribution >= 4 is 22.9 Å². The molecule has 0 N–H and O–H groups in total. The lowest BCUT2D eigenvalue weighted by Gasteiger charge is -2.06. The zero-order valence-corrected chi connectivity index (χ0v) is 11.3. The van der Waals surface area contributed by atoms with E-state index in [1.54, 1.807) is 11.3 Å². The zero-order chi connectivity index (χ0) is 11.8. The minimum Gasteiger partial charge on any atom is -0.379 e. The normalized spacial score (nSPS) is 11.2. The summed E-state index contributed by atoms with van der Waals surface area (Å²) in [5.74, 6) is 1.04. The Morgan fingerprint density at radius 1 is 1.38 bits per heavy atom. The van der Waals surface area contributed by atoms with Crippen LogP contribution in [0.3, 0.4) is 0 Å². The van der Waals surface area contributed by atoms with Gasteiger partial charge in [0.2, 0.25) is 0 Å². The Labute approximate surface area is 106 Å². The zero-order valence-electron chi connectivity index (χ0n) is 9.74. The summed E-state index contributed by atoms with van der Waals surface area (Å²) in [6.07, 6.45) is 0. The van der Waals surface area contributed by atoms with Crippen LogP contribution in [0.25, 0.3) is 0 Å². The second kappa shape index (κ2) is 8.01. The van der Waals surface area contributed by atoms with E-state index in [1.165, 1.54) is 0 Å². The average molecular weight is 264 g/mol. The van der Waals surface area contributed by atoms with E-state index in [-0.39, 0.29) is 0 Å². The molecule has 0 saturated heterocycles. The Morgan fingerprint density at radius 2 is 2.12 bits per heavy atom. The third-order valence-corrected chi connectivity index (χ3v) is 2.93. The summed E-state index contributed by atoms with van der Waals surface area (Å²) in [5.41, 5.74) is 0.918. The first-order chi connectivity index (χ1) is 7.72. The van der Waals surface area contributed by atoms with Gasteiger partial charge in [-0.2, -0.15) is 0 Å². The number of thiazole rings is 1. The molecule has 0 aliphatic carbocycles. The number of ether oxygens (including phenoxy) is 2.